The van der Waals surface area contributed by atoms with Crippen LogP contribution in [0.4, 0.5) is 9.93 Å². The highest BCUT2D eigenvalue weighted by atomic mass is 32.1. The summed E-state index contributed by atoms with van der Waals surface area (Å²) in [4.78, 5) is 17.8. The molecule has 0 aliphatic rings. The maximum absolute atomic E-state index is 12.0. The van der Waals surface area contributed by atoms with Gasteiger partial charge >= 0.3 is 6.03 Å². The molecule has 0 radical (unpaired) electrons. The van der Waals surface area contributed by atoms with Gasteiger partial charge in [0.2, 0.25) is 0 Å². The summed E-state index contributed by atoms with van der Waals surface area (Å²) in [6.07, 6.45) is 5.75. The Morgan fingerprint density at radius 2 is 2.08 bits per heavy atom. The third-order valence-electron chi connectivity index (χ3n) is 4.13. The topological polar surface area (TPSA) is 73.9 Å². The lowest BCUT2D eigenvalue weighted by Gasteiger charge is -2.16. The van der Waals surface area contributed by atoms with E-state index < -0.39 is 0 Å². The van der Waals surface area contributed by atoms with Crippen molar-refractivity contribution in [1.82, 2.24) is 20.1 Å². The van der Waals surface area contributed by atoms with E-state index in [2.05, 4.69) is 38.7 Å². The molecule has 0 spiro atoms. The third-order valence-corrected chi connectivity index (χ3v) is 4.82. The largest absolute Gasteiger partial charge is 0.328 e. The predicted molar refractivity (Wildman–Crippen MR) is 105 cm³/mol. The second kappa shape index (κ2) is 9.15. The van der Waals surface area contributed by atoms with E-state index in [1.54, 1.807) is 11.1 Å². The molecule has 0 atom stereocenters. The summed E-state index contributed by atoms with van der Waals surface area (Å²) in [5.41, 5.74) is 3.26. The molecule has 2 aromatic heterocycles. The molecule has 0 saturated carbocycles. The maximum atomic E-state index is 12.0. The van der Waals surface area contributed by atoms with E-state index in [1.165, 1.54) is 11.3 Å². The monoisotopic (exact) mass is 369 g/mol. The van der Waals surface area contributed by atoms with Gasteiger partial charge < -0.3 is 4.90 Å². The summed E-state index contributed by atoms with van der Waals surface area (Å²) in [6.45, 7) is 0.732. The van der Waals surface area contributed by atoms with Crippen molar-refractivity contribution in [2.24, 2.45) is 0 Å². The molecule has 0 aliphatic carbocycles. The molecule has 3 rings (SSSR count). The Morgan fingerprint density at radius 1 is 1.23 bits per heavy atom. The first-order valence-electron chi connectivity index (χ1n) is 8.73. The van der Waals surface area contributed by atoms with Crippen molar-refractivity contribution >= 4 is 22.5 Å². The van der Waals surface area contributed by atoms with E-state index in [1.807, 2.05) is 30.6 Å². The van der Waals surface area contributed by atoms with Crippen LogP contribution in [0.2, 0.25) is 0 Å². The number of aromatic nitrogens is 3. The van der Waals surface area contributed by atoms with Gasteiger partial charge in [0, 0.05) is 36.4 Å². The van der Waals surface area contributed by atoms with Crippen molar-refractivity contribution in [2.75, 3.05) is 18.9 Å². The molecule has 0 aliphatic heterocycles. The average Bonchev–Trinajstić information content (AvgIpc) is 3.34. The molecule has 136 valence electrons. The molecule has 1 aromatic carbocycles. The van der Waals surface area contributed by atoms with E-state index in [0.29, 0.717) is 5.13 Å². The molecule has 0 fully saturated rings. The van der Waals surface area contributed by atoms with Crippen LogP contribution in [-0.4, -0.2) is 39.7 Å². The Morgan fingerprint density at radius 3 is 2.85 bits per heavy atom. The van der Waals surface area contributed by atoms with Crippen LogP contribution in [0.15, 0.2) is 48.0 Å². The Bertz CT molecular complexity index is 800. The molecule has 2 amide bonds. The van der Waals surface area contributed by atoms with Crippen LogP contribution >= 0.6 is 11.3 Å². The van der Waals surface area contributed by atoms with Crippen LogP contribution in [-0.2, 0) is 6.42 Å². The molecule has 3 aromatic rings. The van der Waals surface area contributed by atoms with Gasteiger partial charge in [-0.3, -0.25) is 10.4 Å². The van der Waals surface area contributed by atoms with Gasteiger partial charge in [0.05, 0.1) is 5.69 Å². The van der Waals surface area contributed by atoms with Gasteiger partial charge in [-0.25, -0.2) is 9.78 Å². The lowest BCUT2D eigenvalue weighted by molar-refractivity contribution is 0.221. The van der Waals surface area contributed by atoms with Gasteiger partial charge in [-0.2, -0.15) is 5.10 Å². The van der Waals surface area contributed by atoms with Crippen LogP contribution in [0.5, 0.6) is 0 Å². The van der Waals surface area contributed by atoms with Gasteiger partial charge in [-0.05, 0) is 25.3 Å². The van der Waals surface area contributed by atoms with Gasteiger partial charge in [0.25, 0.3) is 0 Å². The molecule has 2 heterocycles. The summed E-state index contributed by atoms with van der Waals surface area (Å²) in [7, 11) is 1.81. The second-order valence-corrected chi connectivity index (χ2v) is 7.04. The minimum atomic E-state index is -0.110. The number of unbranched alkanes of at least 4 members (excludes halogenated alkanes) is 2. The molecule has 0 saturated heterocycles. The summed E-state index contributed by atoms with van der Waals surface area (Å²) >= 11 is 1.42. The van der Waals surface area contributed by atoms with Crippen molar-refractivity contribution in [3.05, 3.63) is 53.7 Å². The number of aromatic amines is 1. The number of nitrogens with one attached hydrogen (secondary N) is 2. The Balaban J connectivity index is 1.34. The number of thiazole rings is 1. The lowest BCUT2D eigenvalue weighted by Crippen LogP contribution is -2.32. The highest BCUT2D eigenvalue weighted by Gasteiger charge is 2.09. The number of nitrogens with zero attached hydrogens (tertiary/aromatic N) is 3. The van der Waals surface area contributed by atoms with Crippen molar-refractivity contribution < 1.29 is 4.79 Å². The van der Waals surface area contributed by atoms with E-state index in [0.717, 1.165) is 49.2 Å². The molecule has 7 heteroatoms. The highest BCUT2D eigenvalue weighted by Crippen LogP contribution is 2.18. The van der Waals surface area contributed by atoms with Crippen LogP contribution in [0.1, 0.15) is 25.0 Å². The number of carbonyl (C=O) groups excluding carboxylic acids is 1. The second-order valence-electron chi connectivity index (χ2n) is 6.14. The normalized spacial score (nSPS) is 10.7. The fraction of sp³-hybridized carbons (Fsp3) is 0.316. The number of amides is 2. The van der Waals surface area contributed by atoms with E-state index in [9.17, 15) is 4.79 Å². The SMILES string of the molecule is CN(CCCCCc1cc(-c2ccccc2)n[nH]1)C(=O)Nc1nccs1. The number of rotatable bonds is 8. The molecule has 0 unspecified atom stereocenters. The molecule has 2 N–H and O–H groups in total. The van der Waals surface area contributed by atoms with Crippen molar-refractivity contribution in [3.63, 3.8) is 0 Å². The number of carbonyl (C=O) groups is 1. The van der Waals surface area contributed by atoms with Crippen molar-refractivity contribution in [2.45, 2.75) is 25.7 Å². The molecule has 6 nitrogen and oxygen atoms in total. The van der Waals surface area contributed by atoms with Crippen LogP contribution in [0, 0.1) is 0 Å². The molecule has 0 bridgehead atoms. The number of hydrogen-bond acceptors (Lipinski definition) is 4. The minimum Gasteiger partial charge on any atom is -0.328 e. The van der Waals surface area contributed by atoms with Gasteiger partial charge in [-0.15, -0.1) is 11.3 Å². The minimum absolute atomic E-state index is 0.110. The smallest absolute Gasteiger partial charge is 0.323 e. The van der Waals surface area contributed by atoms with Crippen LogP contribution in [0.3, 0.4) is 0 Å². The number of hydrogen-bond donors (Lipinski definition) is 2. The maximum Gasteiger partial charge on any atom is 0.323 e. The summed E-state index contributed by atoms with van der Waals surface area (Å²) < 4.78 is 0. The predicted octanol–water partition coefficient (Wildman–Crippen LogP) is 4.41. The number of urea groups is 1. The average molecular weight is 369 g/mol. The van der Waals surface area contributed by atoms with Crippen LogP contribution < -0.4 is 5.32 Å². The zero-order chi connectivity index (χ0) is 18.2. The highest BCUT2D eigenvalue weighted by molar-refractivity contribution is 7.13. The molecular weight excluding hydrogens is 346 g/mol. The fourth-order valence-electron chi connectivity index (χ4n) is 2.66. The Hall–Kier alpha value is -2.67. The van der Waals surface area contributed by atoms with Crippen LogP contribution in [0.25, 0.3) is 11.3 Å². The standard InChI is InChI=1S/C19H23N5OS/c1-24(19(25)21-18-20-11-13-26-18)12-7-3-6-10-16-14-17(23-22-16)15-8-4-2-5-9-15/h2,4-5,8-9,11,13-14H,3,6-7,10,12H2,1H3,(H,22,23)(H,20,21,25). The molecular formula is C19H23N5OS. The summed E-state index contributed by atoms with van der Waals surface area (Å²) in [5.74, 6) is 0. The summed E-state index contributed by atoms with van der Waals surface area (Å²) in [6, 6.07) is 12.2. The number of anilines is 1. The lowest BCUT2D eigenvalue weighted by atomic mass is 10.1. The van der Waals surface area contributed by atoms with E-state index in [-0.39, 0.29) is 6.03 Å². The zero-order valence-corrected chi connectivity index (χ0v) is 15.6. The summed E-state index contributed by atoms with van der Waals surface area (Å²) in [5, 5.41) is 12.8. The quantitative estimate of drug-likeness (QED) is 0.578. The first-order chi connectivity index (χ1) is 12.7. The third kappa shape index (κ3) is 5.16. The van der Waals surface area contributed by atoms with Gasteiger partial charge in [0.1, 0.15) is 0 Å². The number of aryl methyl sites for hydroxylation is 1. The zero-order valence-electron chi connectivity index (χ0n) is 14.8. The Kier molecular flexibility index (Phi) is 6.38. The van der Waals surface area contributed by atoms with Crippen molar-refractivity contribution in [1.29, 1.82) is 0 Å². The number of H-pyrrole nitrogens is 1. The Labute approximate surface area is 157 Å². The fourth-order valence-corrected chi connectivity index (χ4v) is 3.18. The first kappa shape index (κ1) is 18.1. The molecule has 26 heavy (non-hydrogen) atoms. The van der Waals surface area contributed by atoms with Gasteiger partial charge in [-0.1, -0.05) is 36.8 Å². The first-order valence-corrected chi connectivity index (χ1v) is 9.61. The van der Waals surface area contributed by atoms with E-state index in [4.69, 9.17) is 0 Å². The van der Waals surface area contributed by atoms with Crippen molar-refractivity contribution in [3.8, 4) is 11.3 Å². The number of benzene rings is 1. The van der Waals surface area contributed by atoms with E-state index >= 15 is 0 Å². The van der Waals surface area contributed by atoms with Gasteiger partial charge in [0.15, 0.2) is 5.13 Å².